The first-order valence-corrected chi connectivity index (χ1v) is 4.76. The summed E-state index contributed by atoms with van der Waals surface area (Å²) in [4.78, 5) is 11.2. The lowest BCUT2D eigenvalue weighted by Crippen LogP contribution is -2.22. The number of hydrogen-bond donors (Lipinski definition) is 1. The first-order valence-electron chi connectivity index (χ1n) is 4.76. The van der Waals surface area contributed by atoms with Gasteiger partial charge < -0.3 is 9.88 Å². The van der Waals surface area contributed by atoms with Crippen LogP contribution in [0.15, 0.2) is 24.4 Å². The summed E-state index contributed by atoms with van der Waals surface area (Å²) in [6.45, 7) is 0.0884. The number of fused-ring (bicyclic) bond motifs is 1. The molecule has 1 heterocycles. The first-order chi connectivity index (χ1) is 7.61. The molecule has 0 fully saturated rings. The van der Waals surface area contributed by atoms with Gasteiger partial charge in [-0.2, -0.15) is 0 Å². The van der Waals surface area contributed by atoms with E-state index < -0.39 is 11.6 Å². The molecule has 0 unspecified atom stereocenters. The van der Waals surface area contributed by atoms with Crippen molar-refractivity contribution in [2.75, 3.05) is 7.05 Å². The van der Waals surface area contributed by atoms with E-state index in [1.165, 1.54) is 7.05 Å². The lowest BCUT2D eigenvalue weighted by molar-refractivity contribution is -0.121. The van der Waals surface area contributed by atoms with Crippen LogP contribution in [0.1, 0.15) is 0 Å². The Hall–Kier alpha value is -1.91. The van der Waals surface area contributed by atoms with E-state index in [-0.39, 0.29) is 12.5 Å². The smallest absolute Gasteiger partial charge is 0.239 e. The molecule has 0 radical (unpaired) electrons. The number of benzene rings is 1. The Bertz CT molecular complexity index is 548. The van der Waals surface area contributed by atoms with E-state index in [0.29, 0.717) is 10.9 Å². The van der Waals surface area contributed by atoms with Crippen LogP contribution >= 0.6 is 0 Å². The molecule has 2 aromatic rings. The summed E-state index contributed by atoms with van der Waals surface area (Å²) < 4.78 is 27.5. The minimum absolute atomic E-state index is 0.0884. The van der Waals surface area contributed by atoms with Gasteiger partial charge in [-0.3, -0.25) is 4.79 Å². The number of carbonyl (C=O) groups excluding carboxylic acids is 1. The number of aromatic nitrogens is 1. The van der Waals surface area contributed by atoms with Gasteiger partial charge in [0, 0.05) is 24.7 Å². The normalized spacial score (nSPS) is 10.7. The standard InChI is InChI=1S/C11H10F2N2O/c1-14-11(16)6-15-3-2-7-4-8(12)9(13)5-10(7)15/h2-5H,6H2,1H3,(H,14,16). The van der Waals surface area contributed by atoms with Crippen LogP contribution in [0.5, 0.6) is 0 Å². The van der Waals surface area contributed by atoms with Gasteiger partial charge in [0.2, 0.25) is 5.91 Å². The quantitative estimate of drug-likeness (QED) is 0.827. The Morgan fingerprint density at radius 1 is 1.38 bits per heavy atom. The fourth-order valence-corrected chi connectivity index (χ4v) is 1.56. The van der Waals surface area contributed by atoms with Gasteiger partial charge in [-0.1, -0.05) is 0 Å². The fraction of sp³-hybridized carbons (Fsp3) is 0.182. The molecule has 1 aromatic heterocycles. The van der Waals surface area contributed by atoms with Gasteiger partial charge in [0.1, 0.15) is 6.54 Å². The molecule has 0 saturated heterocycles. The summed E-state index contributed by atoms with van der Waals surface area (Å²) in [5, 5.41) is 3.04. The summed E-state index contributed by atoms with van der Waals surface area (Å²) in [6.07, 6.45) is 1.62. The van der Waals surface area contributed by atoms with Crippen LogP contribution in [0.4, 0.5) is 8.78 Å². The second-order valence-electron chi connectivity index (χ2n) is 3.44. The highest BCUT2D eigenvalue weighted by Crippen LogP contribution is 2.19. The third kappa shape index (κ3) is 1.76. The SMILES string of the molecule is CNC(=O)Cn1ccc2cc(F)c(F)cc21. The number of rotatable bonds is 2. The highest BCUT2D eigenvalue weighted by atomic mass is 19.2. The molecule has 1 aromatic carbocycles. The van der Waals surface area contributed by atoms with Gasteiger partial charge in [-0.25, -0.2) is 8.78 Å². The van der Waals surface area contributed by atoms with E-state index in [2.05, 4.69) is 5.32 Å². The molecule has 0 atom stereocenters. The Kier molecular flexibility index (Phi) is 2.60. The molecule has 0 aliphatic carbocycles. The van der Waals surface area contributed by atoms with Crippen LogP contribution in [0.3, 0.4) is 0 Å². The number of nitrogens with one attached hydrogen (secondary N) is 1. The average Bonchev–Trinajstić information content (AvgIpc) is 2.62. The van der Waals surface area contributed by atoms with Gasteiger partial charge in [-0.05, 0) is 12.1 Å². The second-order valence-corrected chi connectivity index (χ2v) is 3.44. The maximum atomic E-state index is 13.0. The van der Waals surface area contributed by atoms with Crippen molar-refractivity contribution < 1.29 is 13.6 Å². The molecule has 3 nitrogen and oxygen atoms in total. The van der Waals surface area contributed by atoms with Crippen LogP contribution in [-0.2, 0) is 11.3 Å². The lowest BCUT2D eigenvalue weighted by atomic mass is 10.2. The van der Waals surface area contributed by atoms with Gasteiger partial charge in [0.15, 0.2) is 11.6 Å². The van der Waals surface area contributed by atoms with Crippen LogP contribution in [-0.4, -0.2) is 17.5 Å². The molecule has 0 spiro atoms. The molecule has 0 aliphatic heterocycles. The maximum Gasteiger partial charge on any atom is 0.239 e. The van der Waals surface area contributed by atoms with E-state index in [4.69, 9.17) is 0 Å². The Balaban J connectivity index is 2.48. The van der Waals surface area contributed by atoms with Crippen molar-refractivity contribution in [3.05, 3.63) is 36.0 Å². The summed E-state index contributed by atoms with van der Waals surface area (Å²) in [6, 6.07) is 3.85. The topological polar surface area (TPSA) is 34.0 Å². The molecule has 5 heteroatoms. The molecule has 84 valence electrons. The van der Waals surface area contributed by atoms with E-state index in [1.807, 2.05) is 0 Å². The molecule has 0 bridgehead atoms. The largest absolute Gasteiger partial charge is 0.358 e. The van der Waals surface area contributed by atoms with Crippen LogP contribution in [0, 0.1) is 11.6 Å². The molecule has 0 saturated carbocycles. The van der Waals surface area contributed by atoms with Crippen molar-refractivity contribution in [2.45, 2.75) is 6.54 Å². The zero-order valence-electron chi connectivity index (χ0n) is 8.63. The molecule has 2 rings (SSSR count). The predicted molar refractivity (Wildman–Crippen MR) is 55.9 cm³/mol. The van der Waals surface area contributed by atoms with E-state index in [0.717, 1.165) is 12.1 Å². The number of halogens is 2. The molecule has 0 aliphatic rings. The minimum atomic E-state index is -0.913. The summed E-state index contributed by atoms with van der Waals surface area (Å²) in [7, 11) is 1.52. The molecular formula is C11H10F2N2O. The number of hydrogen-bond acceptors (Lipinski definition) is 1. The molecule has 16 heavy (non-hydrogen) atoms. The average molecular weight is 224 g/mol. The van der Waals surface area contributed by atoms with Gasteiger partial charge in [0.05, 0.1) is 5.52 Å². The van der Waals surface area contributed by atoms with Gasteiger partial charge in [-0.15, -0.1) is 0 Å². The highest BCUT2D eigenvalue weighted by Gasteiger charge is 2.09. The van der Waals surface area contributed by atoms with E-state index >= 15 is 0 Å². The lowest BCUT2D eigenvalue weighted by Gasteiger charge is -2.04. The zero-order valence-corrected chi connectivity index (χ0v) is 8.63. The van der Waals surface area contributed by atoms with Crippen LogP contribution < -0.4 is 5.32 Å². The Labute approximate surface area is 90.7 Å². The number of amides is 1. The zero-order chi connectivity index (χ0) is 11.7. The van der Waals surface area contributed by atoms with Crippen molar-refractivity contribution >= 4 is 16.8 Å². The fourth-order valence-electron chi connectivity index (χ4n) is 1.56. The predicted octanol–water partition coefficient (Wildman–Crippen LogP) is 1.67. The molecule has 1 N–H and O–H groups in total. The third-order valence-electron chi connectivity index (χ3n) is 2.41. The van der Waals surface area contributed by atoms with Crippen molar-refractivity contribution in [3.63, 3.8) is 0 Å². The van der Waals surface area contributed by atoms with Crippen molar-refractivity contribution in [1.82, 2.24) is 9.88 Å². The molecule has 1 amide bonds. The van der Waals surface area contributed by atoms with E-state index in [9.17, 15) is 13.6 Å². The van der Waals surface area contributed by atoms with Crippen molar-refractivity contribution in [3.8, 4) is 0 Å². The Morgan fingerprint density at radius 3 is 2.75 bits per heavy atom. The first kappa shape index (κ1) is 10.6. The van der Waals surface area contributed by atoms with Crippen molar-refractivity contribution in [2.24, 2.45) is 0 Å². The number of nitrogens with zero attached hydrogens (tertiary/aromatic N) is 1. The van der Waals surface area contributed by atoms with Crippen LogP contribution in [0.25, 0.3) is 10.9 Å². The van der Waals surface area contributed by atoms with E-state index in [1.54, 1.807) is 16.8 Å². The van der Waals surface area contributed by atoms with Gasteiger partial charge in [0.25, 0.3) is 0 Å². The number of likely N-dealkylation sites (N-methyl/N-ethyl adjacent to an activating group) is 1. The van der Waals surface area contributed by atoms with Gasteiger partial charge >= 0.3 is 0 Å². The van der Waals surface area contributed by atoms with Crippen molar-refractivity contribution in [1.29, 1.82) is 0 Å². The highest BCUT2D eigenvalue weighted by molar-refractivity contribution is 5.83. The summed E-state index contributed by atoms with van der Waals surface area (Å²) in [5.41, 5.74) is 0.502. The maximum absolute atomic E-state index is 13.0. The minimum Gasteiger partial charge on any atom is -0.358 e. The summed E-state index contributed by atoms with van der Waals surface area (Å²) >= 11 is 0. The second kappa shape index (κ2) is 3.92. The molecular weight excluding hydrogens is 214 g/mol. The summed E-state index contributed by atoms with van der Waals surface area (Å²) in [5.74, 6) is -1.99. The third-order valence-corrected chi connectivity index (χ3v) is 2.41. The van der Waals surface area contributed by atoms with Crippen LogP contribution in [0.2, 0.25) is 0 Å². The number of carbonyl (C=O) groups is 1. The monoisotopic (exact) mass is 224 g/mol. The Morgan fingerprint density at radius 2 is 2.06 bits per heavy atom.